The number of para-hydroxylation sites is 2. The fourth-order valence-electron chi connectivity index (χ4n) is 1.92. The summed E-state index contributed by atoms with van der Waals surface area (Å²) >= 11 is 0. The van der Waals surface area contributed by atoms with Crippen LogP contribution in [0.1, 0.15) is 29.3 Å². The van der Waals surface area contributed by atoms with E-state index in [1.165, 1.54) is 6.07 Å². The quantitative estimate of drug-likeness (QED) is 0.896. The second-order valence-corrected chi connectivity index (χ2v) is 4.74. The smallest absolute Gasteiger partial charge is 0.258 e. The molecule has 1 amide bonds. The van der Waals surface area contributed by atoms with Crippen LogP contribution in [-0.2, 0) is 0 Å². The van der Waals surface area contributed by atoms with Crippen molar-refractivity contribution in [2.24, 2.45) is 0 Å². The minimum absolute atomic E-state index is 0.0281. The van der Waals surface area contributed by atoms with Gasteiger partial charge in [-0.15, -0.1) is 0 Å². The van der Waals surface area contributed by atoms with Crippen LogP contribution in [0.15, 0.2) is 42.5 Å². The standard InChI is InChI=1S/C17H18FNO2/c1-3-11-21-15-10-5-4-9-14(15)19-17(20)13-8-6-7-12(2)16(13)18/h4-10H,3,11H2,1-2H3,(H,19,20). The number of hydrogen-bond acceptors (Lipinski definition) is 2. The Kier molecular flexibility index (Phi) is 4.93. The van der Waals surface area contributed by atoms with Crippen LogP contribution >= 0.6 is 0 Å². The first-order valence-corrected chi connectivity index (χ1v) is 6.91. The molecule has 21 heavy (non-hydrogen) atoms. The topological polar surface area (TPSA) is 38.3 Å². The minimum Gasteiger partial charge on any atom is -0.491 e. The van der Waals surface area contributed by atoms with Crippen molar-refractivity contribution in [3.05, 3.63) is 59.4 Å². The number of amides is 1. The molecule has 0 atom stereocenters. The van der Waals surface area contributed by atoms with Gasteiger partial charge in [0.2, 0.25) is 0 Å². The Morgan fingerprint density at radius 3 is 2.71 bits per heavy atom. The Balaban J connectivity index is 2.22. The highest BCUT2D eigenvalue weighted by atomic mass is 19.1. The van der Waals surface area contributed by atoms with Crippen molar-refractivity contribution in [3.63, 3.8) is 0 Å². The van der Waals surface area contributed by atoms with E-state index >= 15 is 0 Å². The van der Waals surface area contributed by atoms with Crippen LogP contribution in [0, 0.1) is 12.7 Å². The van der Waals surface area contributed by atoms with Crippen LogP contribution in [-0.4, -0.2) is 12.5 Å². The molecule has 0 fully saturated rings. The lowest BCUT2D eigenvalue weighted by Crippen LogP contribution is -2.15. The molecule has 0 aliphatic rings. The van der Waals surface area contributed by atoms with Crippen molar-refractivity contribution in [2.75, 3.05) is 11.9 Å². The highest BCUT2D eigenvalue weighted by Gasteiger charge is 2.14. The highest BCUT2D eigenvalue weighted by Crippen LogP contribution is 2.25. The summed E-state index contributed by atoms with van der Waals surface area (Å²) in [4.78, 5) is 12.2. The molecule has 0 radical (unpaired) electrons. The first-order chi connectivity index (χ1) is 10.1. The lowest BCUT2D eigenvalue weighted by molar-refractivity contribution is 0.102. The second kappa shape index (κ2) is 6.88. The molecule has 3 nitrogen and oxygen atoms in total. The Labute approximate surface area is 123 Å². The van der Waals surface area contributed by atoms with E-state index in [1.807, 2.05) is 13.0 Å². The molecule has 0 bridgehead atoms. The number of anilines is 1. The third-order valence-electron chi connectivity index (χ3n) is 3.03. The maximum absolute atomic E-state index is 14.0. The molecule has 0 aliphatic carbocycles. The molecular weight excluding hydrogens is 269 g/mol. The van der Waals surface area contributed by atoms with Crippen LogP contribution in [0.4, 0.5) is 10.1 Å². The maximum Gasteiger partial charge on any atom is 0.258 e. The van der Waals surface area contributed by atoms with E-state index in [-0.39, 0.29) is 5.56 Å². The monoisotopic (exact) mass is 287 g/mol. The summed E-state index contributed by atoms with van der Waals surface area (Å²) in [5.74, 6) is -0.397. The summed E-state index contributed by atoms with van der Waals surface area (Å²) in [6.07, 6.45) is 0.870. The molecule has 0 heterocycles. The van der Waals surface area contributed by atoms with E-state index in [2.05, 4.69) is 5.32 Å². The van der Waals surface area contributed by atoms with Gasteiger partial charge in [-0.05, 0) is 37.1 Å². The molecule has 0 aliphatic heterocycles. The molecule has 2 rings (SSSR count). The van der Waals surface area contributed by atoms with Gasteiger partial charge in [0.15, 0.2) is 0 Å². The van der Waals surface area contributed by atoms with E-state index in [0.29, 0.717) is 23.6 Å². The SMILES string of the molecule is CCCOc1ccccc1NC(=O)c1cccc(C)c1F. The van der Waals surface area contributed by atoms with Crippen molar-refractivity contribution >= 4 is 11.6 Å². The number of ether oxygens (including phenoxy) is 1. The zero-order valence-corrected chi connectivity index (χ0v) is 12.2. The largest absolute Gasteiger partial charge is 0.491 e. The molecule has 0 unspecified atom stereocenters. The van der Waals surface area contributed by atoms with Crippen LogP contribution in [0.2, 0.25) is 0 Å². The fourth-order valence-corrected chi connectivity index (χ4v) is 1.92. The molecule has 1 N–H and O–H groups in total. The van der Waals surface area contributed by atoms with Crippen molar-refractivity contribution in [2.45, 2.75) is 20.3 Å². The lowest BCUT2D eigenvalue weighted by Gasteiger charge is -2.12. The normalized spacial score (nSPS) is 10.2. The number of benzene rings is 2. The third kappa shape index (κ3) is 3.60. The van der Waals surface area contributed by atoms with E-state index in [1.54, 1.807) is 37.3 Å². The fraction of sp³-hybridized carbons (Fsp3) is 0.235. The van der Waals surface area contributed by atoms with E-state index in [0.717, 1.165) is 6.42 Å². The Morgan fingerprint density at radius 2 is 1.95 bits per heavy atom. The van der Waals surface area contributed by atoms with Crippen molar-refractivity contribution < 1.29 is 13.9 Å². The number of rotatable bonds is 5. The molecule has 0 saturated carbocycles. The maximum atomic E-state index is 14.0. The van der Waals surface area contributed by atoms with Gasteiger partial charge in [-0.3, -0.25) is 4.79 Å². The Hall–Kier alpha value is -2.36. The van der Waals surface area contributed by atoms with Crippen molar-refractivity contribution in [1.82, 2.24) is 0 Å². The van der Waals surface area contributed by atoms with E-state index in [9.17, 15) is 9.18 Å². The number of carbonyl (C=O) groups excluding carboxylic acids is 1. The molecular formula is C17H18FNO2. The van der Waals surface area contributed by atoms with Crippen LogP contribution in [0.25, 0.3) is 0 Å². The summed E-state index contributed by atoms with van der Waals surface area (Å²) < 4.78 is 19.5. The van der Waals surface area contributed by atoms with Crippen LogP contribution < -0.4 is 10.1 Å². The number of nitrogens with one attached hydrogen (secondary N) is 1. The zero-order valence-electron chi connectivity index (χ0n) is 12.2. The average Bonchev–Trinajstić information content (AvgIpc) is 2.49. The van der Waals surface area contributed by atoms with Gasteiger partial charge in [-0.2, -0.15) is 0 Å². The second-order valence-electron chi connectivity index (χ2n) is 4.74. The Bertz CT molecular complexity index is 640. The summed E-state index contributed by atoms with van der Waals surface area (Å²) in [6, 6.07) is 11.9. The van der Waals surface area contributed by atoms with Gasteiger partial charge in [-0.1, -0.05) is 31.2 Å². The number of carbonyl (C=O) groups is 1. The summed E-state index contributed by atoms with van der Waals surface area (Å²) in [7, 11) is 0. The molecule has 2 aromatic rings. The van der Waals surface area contributed by atoms with Crippen molar-refractivity contribution in [1.29, 1.82) is 0 Å². The third-order valence-corrected chi connectivity index (χ3v) is 3.03. The molecule has 2 aromatic carbocycles. The van der Waals surface area contributed by atoms with Gasteiger partial charge >= 0.3 is 0 Å². The average molecular weight is 287 g/mol. The van der Waals surface area contributed by atoms with E-state index < -0.39 is 11.7 Å². The van der Waals surface area contributed by atoms with Gasteiger partial charge in [0.25, 0.3) is 5.91 Å². The van der Waals surface area contributed by atoms with Gasteiger partial charge in [-0.25, -0.2) is 4.39 Å². The highest BCUT2D eigenvalue weighted by molar-refractivity contribution is 6.05. The summed E-state index contributed by atoms with van der Waals surface area (Å²) in [6.45, 7) is 4.19. The van der Waals surface area contributed by atoms with Gasteiger partial charge in [0.1, 0.15) is 11.6 Å². The molecule has 0 aromatic heterocycles. The predicted octanol–water partition coefficient (Wildman–Crippen LogP) is 4.18. The minimum atomic E-state index is -0.498. The summed E-state index contributed by atoms with van der Waals surface area (Å²) in [5, 5.41) is 2.70. The first kappa shape index (κ1) is 15.0. The zero-order chi connectivity index (χ0) is 15.2. The first-order valence-electron chi connectivity index (χ1n) is 6.91. The number of hydrogen-bond donors (Lipinski definition) is 1. The lowest BCUT2D eigenvalue weighted by atomic mass is 10.1. The molecule has 0 saturated heterocycles. The van der Waals surface area contributed by atoms with E-state index in [4.69, 9.17) is 4.74 Å². The number of aryl methyl sites for hydroxylation is 1. The molecule has 110 valence electrons. The van der Waals surface area contributed by atoms with Gasteiger partial charge < -0.3 is 10.1 Å². The molecule has 0 spiro atoms. The van der Waals surface area contributed by atoms with Crippen LogP contribution in [0.5, 0.6) is 5.75 Å². The molecule has 4 heteroatoms. The predicted molar refractivity (Wildman–Crippen MR) is 81.3 cm³/mol. The van der Waals surface area contributed by atoms with Crippen LogP contribution in [0.3, 0.4) is 0 Å². The van der Waals surface area contributed by atoms with Crippen molar-refractivity contribution in [3.8, 4) is 5.75 Å². The van der Waals surface area contributed by atoms with Gasteiger partial charge in [0.05, 0.1) is 17.9 Å². The Morgan fingerprint density at radius 1 is 1.19 bits per heavy atom. The van der Waals surface area contributed by atoms with Gasteiger partial charge in [0, 0.05) is 0 Å². The number of halogens is 1. The summed E-state index contributed by atoms with van der Waals surface area (Å²) in [5.41, 5.74) is 1.01.